The number of carbonyl (C=O) groups is 1. The number of benzene rings is 1. The molecule has 0 aliphatic heterocycles. The third kappa shape index (κ3) is 2.90. The zero-order chi connectivity index (χ0) is 17.7. The molecule has 1 aromatic carbocycles. The Hall–Kier alpha value is -1.95. The SMILES string of the molecule is C[C@@H](Nc1nc2ccccc2s1)C(=O)NN=C1C2CC3CC(C2)CC1C3. The summed E-state index contributed by atoms with van der Waals surface area (Å²) in [6, 6.07) is 7.64. The number of amides is 1. The zero-order valence-corrected chi connectivity index (χ0v) is 15.8. The van der Waals surface area contributed by atoms with E-state index in [9.17, 15) is 4.79 Å². The van der Waals surface area contributed by atoms with Gasteiger partial charge in [0, 0.05) is 5.71 Å². The lowest BCUT2D eigenvalue weighted by molar-refractivity contribution is -0.121. The van der Waals surface area contributed by atoms with Gasteiger partial charge in [-0.15, -0.1) is 0 Å². The first kappa shape index (κ1) is 16.2. The Morgan fingerprint density at radius 3 is 2.54 bits per heavy atom. The topological polar surface area (TPSA) is 66.4 Å². The van der Waals surface area contributed by atoms with Crippen LogP contribution in [0.1, 0.15) is 39.0 Å². The van der Waals surface area contributed by atoms with Crippen LogP contribution in [0, 0.1) is 23.7 Å². The van der Waals surface area contributed by atoms with Gasteiger partial charge in [-0.3, -0.25) is 4.79 Å². The van der Waals surface area contributed by atoms with Gasteiger partial charge < -0.3 is 5.32 Å². The van der Waals surface area contributed by atoms with Crippen molar-refractivity contribution in [3.05, 3.63) is 24.3 Å². The van der Waals surface area contributed by atoms with Crippen molar-refractivity contribution in [1.82, 2.24) is 10.4 Å². The Kier molecular flexibility index (Phi) is 3.96. The number of nitrogens with zero attached hydrogens (tertiary/aromatic N) is 2. The molecule has 0 radical (unpaired) electrons. The predicted octanol–water partition coefficient (Wildman–Crippen LogP) is 4.03. The van der Waals surface area contributed by atoms with E-state index < -0.39 is 0 Å². The van der Waals surface area contributed by atoms with Crippen LogP contribution in [0.3, 0.4) is 0 Å². The molecule has 0 spiro atoms. The minimum atomic E-state index is -0.364. The summed E-state index contributed by atoms with van der Waals surface area (Å²) in [4.78, 5) is 17.0. The molecular formula is C20H24N4OS. The predicted molar refractivity (Wildman–Crippen MR) is 105 cm³/mol. The first-order chi connectivity index (χ1) is 12.7. The van der Waals surface area contributed by atoms with Crippen LogP contribution < -0.4 is 10.7 Å². The van der Waals surface area contributed by atoms with Crippen LogP contribution in [0.4, 0.5) is 5.13 Å². The average molecular weight is 369 g/mol. The summed E-state index contributed by atoms with van der Waals surface area (Å²) in [6.45, 7) is 1.86. The molecule has 4 fully saturated rings. The summed E-state index contributed by atoms with van der Waals surface area (Å²) < 4.78 is 1.12. The van der Waals surface area contributed by atoms with E-state index >= 15 is 0 Å². The number of hydrazone groups is 1. The Balaban J connectivity index is 1.24. The second-order valence-corrected chi connectivity index (χ2v) is 9.20. The lowest BCUT2D eigenvalue weighted by atomic mass is 9.55. The summed E-state index contributed by atoms with van der Waals surface area (Å²) in [6.07, 6.45) is 6.54. The van der Waals surface area contributed by atoms with Crippen LogP contribution in [0.2, 0.25) is 0 Å². The number of carbonyl (C=O) groups excluding carboxylic acids is 1. The van der Waals surface area contributed by atoms with Gasteiger partial charge in [-0.1, -0.05) is 23.5 Å². The van der Waals surface area contributed by atoms with E-state index in [0.717, 1.165) is 27.2 Å². The molecule has 4 bridgehead atoms. The van der Waals surface area contributed by atoms with Crippen molar-refractivity contribution >= 4 is 38.3 Å². The van der Waals surface area contributed by atoms with E-state index in [1.807, 2.05) is 31.2 Å². The van der Waals surface area contributed by atoms with Crippen LogP contribution in [-0.2, 0) is 4.79 Å². The fourth-order valence-electron chi connectivity index (χ4n) is 5.25. The number of hydrogen-bond acceptors (Lipinski definition) is 5. The first-order valence-electron chi connectivity index (χ1n) is 9.65. The molecule has 2 aromatic rings. The zero-order valence-electron chi connectivity index (χ0n) is 14.9. The van der Waals surface area contributed by atoms with Gasteiger partial charge in [0.1, 0.15) is 6.04 Å². The van der Waals surface area contributed by atoms with Gasteiger partial charge in [0.15, 0.2) is 5.13 Å². The first-order valence-corrected chi connectivity index (χ1v) is 10.5. The number of nitrogens with one attached hydrogen (secondary N) is 2. The highest BCUT2D eigenvalue weighted by atomic mass is 32.1. The van der Waals surface area contributed by atoms with E-state index in [4.69, 9.17) is 0 Å². The van der Waals surface area contributed by atoms with Crippen LogP contribution in [0.25, 0.3) is 10.2 Å². The summed E-state index contributed by atoms with van der Waals surface area (Å²) in [5.41, 5.74) is 5.05. The van der Waals surface area contributed by atoms with Crippen LogP contribution in [0.15, 0.2) is 29.4 Å². The van der Waals surface area contributed by atoms with Gasteiger partial charge >= 0.3 is 0 Å². The summed E-state index contributed by atoms with van der Waals surface area (Å²) in [5, 5.41) is 8.57. The molecule has 1 aromatic heterocycles. The molecule has 26 heavy (non-hydrogen) atoms. The van der Waals surface area contributed by atoms with Gasteiger partial charge in [-0.25, -0.2) is 10.4 Å². The summed E-state index contributed by atoms with van der Waals surface area (Å²) >= 11 is 1.57. The number of thiazole rings is 1. The van der Waals surface area contributed by atoms with Gasteiger partial charge in [-0.05, 0) is 74.8 Å². The standard InChI is InChI=1S/C20H24N4OS/c1-11(21-20-22-16-4-2-3-5-17(16)26-20)19(25)24-23-18-14-7-12-6-13(9-14)10-15(18)8-12/h2-5,11-15H,6-10H2,1H3,(H,21,22)(H,24,25)/t11-,12?,13?,14?,15?/m1/s1. The van der Waals surface area contributed by atoms with Crippen molar-refractivity contribution in [2.45, 2.75) is 45.1 Å². The maximum Gasteiger partial charge on any atom is 0.262 e. The third-order valence-electron chi connectivity index (χ3n) is 6.30. The number of hydrogen-bond donors (Lipinski definition) is 2. The molecule has 2 N–H and O–H groups in total. The monoisotopic (exact) mass is 368 g/mol. The van der Waals surface area contributed by atoms with Gasteiger partial charge in [0.25, 0.3) is 5.91 Å². The highest BCUT2D eigenvalue weighted by Gasteiger charge is 2.46. The molecule has 0 saturated heterocycles. The van der Waals surface area contributed by atoms with Crippen molar-refractivity contribution in [2.75, 3.05) is 5.32 Å². The minimum Gasteiger partial charge on any atom is -0.350 e. The molecule has 4 aliphatic carbocycles. The summed E-state index contributed by atoms with van der Waals surface area (Å²) in [7, 11) is 0. The number of anilines is 1. The van der Waals surface area contributed by atoms with Crippen LogP contribution in [-0.4, -0.2) is 22.6 Å². The largest absolute Gasteiger partial charge is 0.350 e. The van der Waals surface area contributed by atoms with Crippen LogP contribution >= 0.6 is 11.3 Å². The molecule has 6 rings (SSSR count). The summed E-state index contributed by atoms with van der Waals surface area (Å²) in [5.74, 6) is 2.95. The lowest BCUT2D eigenvalue weighted by Gasteiger charge is -2.50. The molecule has 4 saturated carbocycles. The maximum absolute atomic E-state index is 12.5. The number of aromatic nitrogens is 1. The maximum atomic E-state index is 12.5. The van der Waals surface area contributed by atoms with Crippen molar-refractivity contribution in [3.8, 4) is 0 Å². The molecule has 136 valence electrons. The van der Waals surface area contributed by atoms with E-state index in [-0.39, 0.29) is 11.9 Å². The number of para-hydroxylation sites is 1. The highest BCUT2D eigenvalue weighted by molar-refractivity contribution is 7.22. The Morgan fingerprint density at radius 1 is 1.15 bits per heavy atom. The van der Waals surface area contributed by atoms with Crippen molar-refractivity contribution in [2.24, 2.45) is 28.8 Å². The average Bonchev–Trinajstić information content (AvgIpc) is 3.02. The molecule has 1 atom stereocenters. The smallest absolute Gasteiger partial charge is 0.262 e. The lowest BCUT2D eigenvalue weighted by Crippen LogP contribution is -2.47. The van der Waals surface area contributed by atoms with E-state index in [1.54, 1.807) is 11.3 Å². The van der Waals surface area contributed by atoms with Crippen molar-refractivity contribution in [1.29, 1.82) is 0 Å². The molecule has 1 heterocycles. The molecule has 1 amide bonds. The van der Waals surface area contributed by atoms with Gasteiger partial charge in [0.2, 0.25) is 0 Å². The number of rotatable bonds is 4. The fraction of sp³-hybridized carbons (Fsp3) is 0.550. The quantitative estimate of drug-likeness (QED) is 0.801. The van der Waals surface area contributed by atoms with Crippen molar-refractivity contribution in [3.63, 3.8) is 0 Å². The van der Waals surface area contributed by atoms with E-state index in [2.05, 4.69) is 20.8 Å². The molecule has 5 nitrogen and oxygen atoms in total. The Bertz CT molecular complexity index is 811. The Morgan fingerprint density at radius 2 is 1.85 bits per heavy atom. The van der Waals surface area contributed by atoms with E-state index in [0.29, 0.717) is 11.8 Å². The highest BCUT2D eigenvalue weighted by Crippen LogP contribution is 2.52. The second kappa shape index (κ2) is 6.34. The number of fused-ring (bicyclic) bond motifs is 1. The second-order valence-electron chi connectivity index (χ2n) is 8.17. The molecule has 0 unspecified atom stereocenters. The molecular weight excluding hydrogens is 344 g/mol. The third-order valence-corrected chi connectivity index (χ3v) is 7.26. The molecule has 4 aliphatic rings. The van der Waals surface area contributed by atoms with Crippen LogP contribution in [0.5, 0.6) is 0 Å². The van der Waals surface area contributed by atoms with Gasteiger partial charge in [0.05, 0.1) is 10.2 Å². The normalized spacial score (nSPS) is 30.4. The van der Waals surface area contributed by atoms with Crippen molar-refractivity contribution < 1.29 is 4.79 Å². The fourth-order valence-corrected chi connectivity index (χ4v) is 6.20. The Labute approximate surface area is 157 Å². The van der Waals surface area contributed by atoms with E-state index in [1.165, 1.54) is 37.8 Å². The molecule has 6 heteroatoms. The van der Waals surface area contributed by atoms with Gasteiger partial charge in [-0.2, -0.15) is 5.10 Å². The minimum absolute atomic E-state index is 0.0921.